The van der Waals surface area contributed by atoms with E-state index in [-0.39, 0.29) is 35.6 Å². The van der Waals surface area contributed by atoms with Gasteiger partial charge in [-0.3, -0.25) is 0 Å². The van der Waals surface area contributed by atoms with E-state index >= 15 is 0 Å². The summed E-state index contributed by atoms with van der Waals surface area (Å²) in [6.45, 7) is 19.1. The first-order valence-electron chi connectivity index (χ1n) is 10.9. The van der Waals surface area contributed by atoms with Crippen LogP contribution in [0.4, 0.5) is 0 Å². The molecule has 1 aliphatic rings. The molecule has 4 rings (SSSR count). The van der Waals surface area contributed by atoms with E-state index in [4.69, 9.17) is 0 Å². The molecule has 1 N–H and O–H groups in total. The Kier molecular flexibility index (Phi) is 8.48. The fraction of sp³-hybridized carbons (Fsp3) is 0.370. The fourth-order valence-electron chi connectivity index (χ4n) is 4.59. The summed E-state index contributed by atoms with van der Waals surface area (Å²) in [5.74, 6) is 0. The first-order valence-corrected chi connectivity index (χ1v) is 15.9. The molecular formula is C27H33Cl2NSiZr. The number of aromatic amines is 1. The fourth-order valence-corrected chi connectivity index (χ4v) is 11.9. The first-order chi connectivity index (χ1) is 14.0. The van der Waals surface area contributed by atoms with E-state index in [9.17, 15) is 0 Å². The van der Waals surface area contributed by atoms with Crippen LogP contribution in [0.25, 0.3) is 20.3 Å². The molecule has 3 aromatic rings. The molecule has 168 valence electrons. The molecule has 0 saturated heterocycles. The maximum atomic E-state index is 3.94. The van der Waals surface area contributed by atoms with Crippen molar-refractivity contribution in [3.63, 3.8) is 0 Å². The van der Waals surface area contributed by atoms with Crippen molar-refractivity contribution < 1.29 is 48.0 Å². The number of aromatic nitrogens is 1. The monoisotopic (exact) mass is 559 g/mol. The van der Waals surface area contributed by atoms with Gasteiger partial charge in [0.05, 0.1) is 0 Å². The Morgan fingerprint density at radius 3 is 2.06 bits per heavy atom. The summed E-state index contributed by atoms with van der Waals surface area (Å²) in [6, 6.07) is 15.9. The Morgan fingerprint density at radius 2 is 1.47 bits per heavy atom. The number of benzene rings is 2. The second-order valence-corrected chi connectivity index (χ2v) is 16.4. The summed E-state index contributed by atoms with van der Waals surface area (Å²) in [5.41, 5.74) is 4.59. The predicted octanol–water partition coefficient (Wildman–Crippen LogP) is -1.41. The molecule has 32 heavy (non-hydrogen) atoms. The van der Waals surface area contributed by atoms with Gasteiger partial charge in [-0.1, -0.05) is 0 Å². The van der Waals surface area contributed by atoms with Crippen LogP contribution in [0.15, 0.2) is 42.5 Å². The summed E-state index contributed by atoms with van der Waals surface area (Å²) in [5, 5.41) is 6.06. The second kappa shape index (κ2) is 9.87. The van der Waals surface area contributed by atoms with Crippen LogP contribution < -0.4 is 38.7 Å². The van der Waals surface area contributed by atoms with E-state index < -0.39 is 31.6 Å². The maximum absolute atomic E-state index is 3.94. The van der Waals surface area contributed by atoms with Gasteiger partial charge in [-0.25, -0.2) is 0 Å². The Morgan fingerprint density at radius 1 is 0.812 bits per heavy atom. The van der Waals surface area contributed by atoms with E-state index in [1.54, 1.807) is 17.4 Å². The molecule has 0 amide bonds. The second-order valence-electron chi connectivity index (χ2n) is 10.7. The quantitative estimate of drug-likeness (QED) is 0.371. The van der Waals surface area contributed by atoms with Gasteiger partial charge in [-0.2, -0.15) is 0 Å². The third-order valence-corrected chi connectivity index (χ3v) is 11.5. The van der Waals surface area contributed by atoms with Crippen molar-refractivity contribution in [3.05, 3.63) is 64.0 Å². The number of hydrogen-bond donors (Lipinski definition) is 1. The summed E-state index contributed by atoms with van der Waals surface area (Å²) < 4.78 is 3.25. The standard InChI is InChI=1S/C16H22N.C11H11Si.2ClH.Zr/c1-15(2,3)11-8-7-9-13-14(11)12(10-17-13)16(4,5)6;1-12(2)11-7-9-5-3-4-6-10(9)8-11;;;/h7-9,17H,1-6H3;3-7H,1-2H3;2*1H;/q;;;;+2/p-2. The van der Waals surface area contributed by atoms with Crippen molar-refractivity contribution in [1.29, 1.82) is 0 Å². The number of fused-ring (bicyclic) bond motifs is 2. The molecule has 0 atom stereocenters. The van der Waals surface area contributed by atoms with Gasteiger partial charge in [0.25, 0.3) is 0 Å². The van der Waals surface area contributed by atoms with Gasteiger partial charge in [-0.15, -0.1) is 0 Å². The largest absolute Gasteiger partial charge is 1.00 e. The Bertz CT molecular complexity index is 1300. The number of rotatable bonds is 2. The minimum absolute atomic E-state index is 0. The van der Waals surface area contributed by atoms with Crippen molar-refractivity contribution >= 4 is 37.2 Å². The minimum Gasteiger partial charge on any atom is -1.00 e. The van der Waals surface area contributed by atoms with Crippen LogP contribution in [0.1, 0.15) is 52.7 Å². The van der Waals surface area contributed by atoms with Gasteiger partial charge < -0.3 is 24.8 Å². The van der Waals surface area contributed by atoms with Gasteiger partial charge >= 0.3 is 195 Å². The molecule has 1 nitrogen and oxygen atoms in total. The number of H-pyrrole nitrogens is 1. The average molecular weight is 562 g/mol. The number of hydrogen-bond acceptors (Lipinski definition) is 0. The third kappa shape index (κ3) is 5.02. The van der Waals surface area contributed by atoms with Crippen molar-refractivity contribution in [3.8, 4) is 0 Å². The summed E-state index contributed by atoms with van der Waals surface area (Å²) in [7, 11) is -0.502. The van der Waals surface area contributed by atoms with Crippen molar-refractivity contribution in [2.75, 3.05) is 0 Å². The Labute approximate surface area is 218 Å². The molecule has 0 bridgehead atoms. The van der Waals surface area contributed by atoms with Crippen LogP contribution in [-0.4, -0.2) is 18.6 Å². The Balaban J connectivity index is 0.00000181. The van der Waals surface area contributed by atoms with Crippen LogP contribution in [0, 0.1) is 0 Å². The summed E-state index contributed by atoms with van der Waals surface area (Å²) in [4.78, 5) is 3.94. The first kappa shape index (κ1) is 27.5. The average Bonchev–Trinajstić information content (AvgIpc) is 3.19. The van der Waals surface area contributed by atoms with Crippen LogP contribution in [0.3, 0.4) is 0 Å². The van der Waals surface area contributed by atoms with Crippen LogP contribution in [0.2, 0.25) is 13.1 Å². The van der Waals surface area contributed by atoms with Gasteiger partial charge in [0, 0.05) is 0 Å². The number of nitrogens with one attached hydrogen (secondary N) is 1. The zero-order chi connectivity index (χ0) is 21.8. The number of halogens is 2. The van der Waals surface area contributed by atoms with Crippen LogP contribution in [0.5, 0.6) is 0 Å². The van der Waals surface area contributed by atoms with E-state index in [1.165, 1.54) is 26.9 Å². The zero-order valence-electron chi connectivity index (χ0n) is 20.4. The smallest absolute Gasteiger partial charge is 1.00 e. The van der Waals surface area contributed by atoms with E-state index in [0.717, 1.165) is 0 Å². The molecule has 2 aromatic carbocycles. The molecule has 1 aromatic heterocycles. The summed E-state index contributed by atoms with van der Waals surface area (Å²) >= 11 is -1.01. The van der Waals surface area contributed by atoms with E-state index in [2.05, 4.69) is 108 Å². The predicted molar refractivity (Wildman–Crippen MR) is 131 cm³/mol. The van der Waals surface area contributed by atoms with Gasteiger partial charge in [-0.05, 0) is 0 Å². The SMILES string of the molecule is C[Si](C)=C1C=c2ccccc2=[C]1[Zr+2][c]1[nH]c2cccc(C(C)(C)C)c2c1C(C)(C)C.[Cl-].[Cl-]. The minimum atomic E-state index is -1.01. The molecular weight excluding hydrogens is 529 g/mol. The normalized spacial score (nSPS) is 13.1. The molecule has 0 saturated carbocycles. The van der Waals surface area contributed by atoms with Crippen molar-refractivity contribution in [1.82, 2.24) is 4.98 Å². The van der Waals surface area contributed by atoms with Crippen LogP contribution in [-0.2, 0) is 34.1 Å². The maximum Gasteiger partial charge on any atom is -1.00 e. The zero-order valence-corrected chi connectivity index (χ0v) is 25.3. The van der Waals surface area contributed by atoms with Gasteiger partial charge in [0.15, 0.2) is 0 Å². The molecule has 1 aliphatic carbocycles. The van der Waals surface area contributed by atoms with Crippen molar-refractivity contribution in [2.24, 2.45) is 0 Å². The van der Waals surface area contributed by atoms with Crippen molar-refractivity contribution in [2.45, 2.75) is 65.5 Å². The molecule has 0 radical (unpaired) electrons. The third-order valence-electron chi connectivity index (χ3n) is 5.97. The molecule has 0 fully saturated rings. The van der Waals surface area contributed by atoms with E-state index in [0.29, 0.717) is 0 Å². The molecule has 0 unspecified atom stereocenters. The molecule has 0 aliphatic heterocycles. The van der Waals surface area contributed by atoms with Gasteiger partial charge in [0.2, 0.25) is 0 Å². The molecule has 1 heterocycles. The Hall–Kier alpha value is -0.730. The molecule has 5 heteroatoms. The topological polar surface area (TPSA) is 15.8 Å². The van der Waals surface area contributed by atoms with E-state index in [1.807, 2.05) is 0 Å². The summed E-state index contributed by atoms with van der Waals surface area (Å²) in [6.07, 6.45) is 2.49. The molecule has 0 spiro atoms. The van der Waals surface area contributed by atoms with Crippen LogP contribution >= 0.6 is 0 Å². The van der Waals surface area contributed by atoms with Gasteiger partial charge in [0.1, 0.15) is 0 Å².